The van der Waals surface area contributed by atoms with Gasteiger partial charge in [0.15, 0.2) is 0 Å². The SMILES string of the molecule is FC(F)(F)c1ccnc(N2CCCC[C@H]2CN2CCOCC2)n1. The van der Waals surface area contributed by atoms with Crippen molar-refractivity contribution < 1.29 is 17.9 Å². The van der Waals surface area contributed by atoms with Gasteiger partial charge in [-0.05, 0) is 25.3 Å². The quantitative estimate of drug-likeness (QED) is 0.850. The summed E-state index contributed by atoms with van der Waals surface area (Å²) in [7, 11) is 0. The molecule has 5 nitrogen and oxygen atoms in total. The second kappa shape index (κ2) is 7.00. The molecule has 1 atom stereocenters. The standard InChI is InChI=1S/C15H21F3N4O/c16-15(17,18)13-4-5-19-14(20-13)22-6-2-1-3-12(22)11-21-7-9-23-10-8-21/h4-5,12H,1-3,6-11H2/t12-/m0/s1. The van der Waals surface area contributed by atoms with Gasteiger partial charge in [0.2, 0.25) is 5.95 Å². The lowest BCUT2D eigenvalue weighted by Gasteiger charge is -2.39. The van der Waals surface area contributed by atoms with Crippen LogP contribution in [-0.2, 0) is 10.9 Å². The van der Waals surface area contributed by atoms with E-state index < -0.39 is 11.9 Å². The van der Waals surface area contributed by atoms with Crippen LogP contribution >= 0.6 is 0 Å². The number of alkyl halides is 3. The van der Waals surface area contributed by atoms with E-state index in [1.54, 1.807) is 0 Å². The minimum atomic E-state index is -4.44. The Hall–Kier alpha value is -1.41. The van der Waals surface area contributed by atoms with Crippen LogP contribution in [0.1, 0.15) is 25.0 Å². The molecule has 2 aliphatic rings. The van der Waals surface area contributed by atoms with Gasteiger partial charge < -0.3 is 9.64 Å². The van der Waals surface area contributed by atoms with Crippen molar-refractivity contribution in [2.75, 3.05) is 44.3 Å². The second-order valence-electron chi connectivity index (χ2n) is 6.00. The monoisotopic (exact) mass is 330 g/mol. The molecule has 0 N–H and O–H groups in total. The van der Waals surface area contributed by atoms with Crippen molar-refractivity contribution in [3.05, 3.63) is 18.0 Å². The Morgan fingerprint density at radius 2 is 1.96 bits per heavy atom. The average molecular weight is 330 g/mol. The van der Waals surface area contributed by atoms with Crippen LogP contribution in [0.5, 0.6) is 0 Å². The molecule has 2 saturated heterocycles. The van der Waals surface area contributed by atoms with Gasteiger partial charge in [-0.25, -0.2) is 9.97 Å². The highest BCUT2D eigenvalue weighted by molar-refractivity contribution is 5.33. The van der Waals surface area contributed by atoms with Gasteiger partial charge in [0.1, 0.15) is 5.69 Å². The third-order valence-corrected chi connectivity index (χ3v) is 4.39. The zero-order chi connectivity index (χ0) is 16.3. The molecule has 8 heteroatoms. The predicted molar refractivity (Wildman–Crippen MR) is 79.3 cm³/mol. The summed E-state index contributed by atoms with van der Waals surface area (Å²) in [5.41, 5.74) is -0.877. The Bertz CT molecular complexity index is 520. The van der Waals surface area contributed by atoms with Crippen LogP contribution in [0.2, 0.25) is 0 Å². The molecular weight excluding hydrogens is 309 g/mol. The molecule has 0 spiro atoms. The molecule has 0 aliphatic carbocycles. The van der Waals surface area contributed by atoms with Crippen molar-refractivity contribution in [3.8, 4) is 0 Å². The van der Waals surface area contributed by atoms with E-state index in [2.05, 4.69) is 14.9 Å². The first-order valence-corrected chi connectivity index (χ1v) is 8.01. The molecule has 3 rings (SSSR count). The Morgan fingerprint density at radius 1 is 1.17 bits per heavy atom. The highest BCUT2D eigenvalue weighted by Gasteiger charge is 2.34. The number of piperidine rings is 1. The summed E-state index contributed by atoms with van der Waals surface area (Å²) < 4.78 is 44.0. The van der Waals surface area contributed by atoms with Crippen LogP contribution in [0.15, 0.2) is 12.3 Å². The molecule has 2 aliphatic heterocycles. The van der Waals surface area contributed by atoms with Crippen molar-refractivity contribution in [2.45, 2.75) is 31.5 Å². The highest BCUT2D eigenvalue weighted by Crippen LogP contribution is 2.29. The van der Waals surface area contributed by atoms with Crippen molar-refractivity contribution in [1.29, 1.82) is 0 Å². The van der Waals surface area contributed by atoms with Gasteiger partial charge in [-0.15, -0.1) is 0 Å². The molecule has 1 aromatic heterocycles. The minimum absolute atomic E-state index is 0.158. The maximum atomic E-state index is 12.9. The summed E-state index contributed by atoms with van der Waals surface area (Å²) in [5, 5.41) is 0. The predicted octanol–water partition coefficient (Wildman–Crippen LogP) is 2.19. The van der Waals surface area contributed by atoms with Crippen LogP contribution < -0.4 is 4.90 Å². The van der Waals surface area contributed by atoms with Gasteiger partial charge in [0, 0.05) is 38.4 Å². The number of hydrogen-bond donors (Lipinski definition) is 0. The van der Waals surface area contributed by atoms with Crippen LogP contribution in [0, 0.1) is 0 Å². The molecule has 3 heterocycles. The largest absolute Gasteiger partial charge is 0.433 e. The molecule has 23 heavy (non-hydrogen) atoms. The summed E-state index contributed by atoms with van der Waals surface area (Å²) in [6, 6.07) is 1.08. The van der Waals surface area contributed by atoms with E-state index in [1.165, 1.54) is 6.20 Å². The number of morpholine rings is 1. The first-order valence-electron chi connectivity index (χ1n) is 8.01. The highest BCUT2D eigenvalue weighted by atomic mass is 19.4. The van der Waals surface area contributed by atoms with Crippen LogP contribution in [0.25, 0.3) is 0 Å². The fourth-order valence-electron chi connectivity index (χ4n) is 3.18. The van der Waals surface area contributed by atoms with Gasteiger partial charge in [-0.1, -0.05) is 0 Å². The molecule has 0 saturated carbocycles. The number of anilines is 1. The lowest BCUT2D eigenvalue weighted by Crippen LogP contribution is -2.50. The third kappa shape index (κ3) is 4.11. The molecule has 0 amide bonds. The molecule has 0 unspecified atom stereocenters. The van der Waals surface area contributed by atoms with E-state index in [4.69, 9.17) is 4.74 Å². The van der Waals surface area contributed by atoms with E-state index >= 15 is 0 Å². The van der Waals surface area contributed by atoms with Crippen LogP contribution in [-0.4, -0.2) is 60.3 Å². The molecule has 128 valence electrons. The van der Waals surface area contributed by atoms with Crippen LogP contribution in [0.4, 0.5) is 19.1 Å². The topological polar surface area (TPSA) is 41.5 Å². The summed E-state index contributed by atoms with van der Waals surface area (Å²) in [5.74, 6) is 0.192. The van der Waals surface area contributed by atoms with E-state index in [1.807, 2.05) is 4.90 Å². The molecule has 2 fully saturated rings. The van der Waals surface area contributed by atoms with E-state index in [0.717, 1.165) is 45.0 Å². The van der Waals surface area contributed by atoms with E-state index in [0.29, 0.717) is 19.8 Å². The van der Waals surface area contributed by atoms with Crippen molar-refractivity contribution in [2.24, 2.45) is 0 Å². The normalized spacial score (nSPS) is 24.0. The lowest BCUT2D eigenvalue weighted by atomic mass is 10.0. The van der Waals surface area contributed by atoms with Gasteiger partial charge in [0.25, 0.3) is 0 Å². The molecule has 0 bridgehead atoms. The third-order valence-electron chi connectivity index (χ3n) is 4.39. The summed E-state index contributed by atoms with van der Waals surface area (Å²) in [4.78, 5) is 12.1. The van der Waals surface area contributed by atoms with E-state index in [9.17, 15) is 13.2 Å². The van der Waals surface area contributed by atoms with Gasteiger partial charge in [-0.2, -0.15) is 13.2 Å². The zero-order valence-corrected chi connectivity index (χ0v) is 12.9. The summed E-state index contributed by atoms with van der Waals surface area (Å²) in [6.07, 6.45) is -0.237. The van der Waals surface area contributed by atoms with Gasteiger partial charge in [-0.3, -0.25) is 4.90 Å². The van der Waals surface area contributed by atoms with E-state index in [-0.39, 0.29) is 12.0 Å². The number of ether oxygens (including phenoxy) is 1. The maximum Gasteiger partial charge on any atom is 0.433 e. The Morgan fingerprint density at radius 3 is 2.70 bits per heavy atom. The zero-order valence-electron chi connectivity index (χ0n) is 12.9. The fraction of sp³-hybridized carbons (Fsp3) is 0.733. The number of rotatable bonds is 3. The Balaban J connectivity index is 1.75. The van der Waals surface area contributed by atoms with Crippen molar-refractivity contribution in [1.82, 2.24) is 14.9 Å². The number of hydrogen-bond acceptors (Lipinski definition) is 5. The lowest BCUT2D eigenvalue weighted by molar-refractivity contribution is -0.141. The van der Waals surface area contributed by atoms with Gasteiger partial charge >= 0.3 is 6.18 Å². The van der Waals surface area contributed by atoms with Gasteiger partial charge in [0.05, 0.1) is 13.2 Å². The van der Waals surface area contributed by atoms with Crippen molar-refractivity contribution in [3.63, 3.8) is 0 Å². The average Bonchev–Trinajstić information content (AvgIpc) is 2.56. The molecule has 0 aromatic carbocycles. The number of nitrogens with zero attached hydrogens (tertiary/aromatic N) is 4. The maximum absolute atomic E-state index is 12.9. The smallest absolute Gasteiger partial charge is 0.379 e. The first kappa shape index (κ1) is 16.4. The van der Waals surface area contributed by atoms with Crippen LogP contribution in [0.3, 0.4) is 0 Å². The summed E-state index contributed by atoms with van der Waals surface area (Å²) in [6.45, 7) is 4.69. The fourth-order valence-corrected chi connectivity index (χ4v) is 3.18. The number of halogens is 3. The molecular formula is C15H21F3N4O. The first-order chi connectivity index (χ1) is 11.0. The molecule has 0 radical (unpaired) electrons. The second-order valence-corrected chi connectivity index (χ2v) is 6.00. The summed E-state index contributed by atoms with van der Waals surface area (Å²) >= 11 is 0. The Labute approximate surface area is 133 Å². The minimum Gasteiger partial charge on any atom is -0.379 e. The van der Waals surface area contributed by atoms with Crippen molar-refractivity contribution >= 4 is 5.95 Å². The molecule has 1 aromatic rings. The number of aromatic nitrogens is 2. The Kier molecular flexibility index (Phi) is 5.01.